The quantitative estimate of drug-likeness (QED) is 0.356. The van der Waals surface area contributed by atoms with E-state index in [1.54, 1.807) is 31.8 Å². The Labute approximate surface area is 206 Å². The Bertz CT molecular complexity index is 1430. The maximum absolute atomic E-state index is 15.0. The van der Waals surface area contributed by atoms with Crippen molar-refractivity contribution in [3.8, 4) is 11.3 Å². The van der Waals surface area contributed by atoms with Crippen LogP contribution in [0.3, 0.4) is 0 Å². The van der Waals surface area contributed by atoms with Crippen LogP contribution in [0.15, 0.2) is 36.9 Å². The molecule has 4 aromatic rings. The Morgan fingerprint density at radius 3 is 2.72 bits per heavy atom. The first-order valence-electron chi connectivity index (χ1n) is 11.4. The van der Waals surface area contributed by atoms with E-state index in [0.29, 0.717) is 42.4 Å². The van der Waals surface area contributed by atoms with Crippen molar-refractivity contribution >= 4 is 34.3 Å². The van der Waals surface area contributed by atoms with Crippen LogP contribution in [0.5, 0.6) is 0 Å². The van der Waals surface area contributed by atoms with Crippen molar-refractivity contribution in [3.63, 3.8) is 0 Å². The van der Waals surface area contributed by atoms with Crippen molar-refractivity contribution in [2.75, 3.05) is 44.0 Å². The van der Waals surface area contributed by atoms with Gasteiger partial charge in [0, 0.05) is 39.9 Å². The number of nitrogens with zero attached hydrogens (tertiary/aromatic N) is 6. The van der Waals surface area contributed by atoms with Crippen molar-refractivity contribution in [2.45, 2.75) is 6.54 Å². The van der Waals surface area contributed by atoms with Crippen molar-refractivity contribution < 1.29 is 13.9 Å². The highest BCUT2D eigenvalue weighted by molar-refractivity contribution is 5.99. The van der Waals surface area contributed by atoms with Crippen molar-refractivity contribution in [1.82, 2.24) is 29.4 Å². The molecule has 0 atom stereocenters. The van der Waals surface area contributed by atoms with E-state index in [9.17, 15) is 4.79 Å². The maximum Gasteiger partial charge on any atom is 0.271 e. The largest absolute Gasteiger partial charge is 0.379 e. The lowest BCUT2D eigenvalue weighted by Crippen LogP contribution is -2.35. The lowest BCUT2D eigenvalue weighted by atomic mass is 10.1. The second-order valence-corrected chi connectivity index (χ2v) is 8.47. The SMILES string of the molecule is CNc1nc(Nc2ccc(CN3CCOCC3)cc2F)c(C(N)=O)nc1-c1cncc2c1ncn2C. The molecular weight excluding hydrogens is 465 g/mol. The fourth-order valence-corrected chi connectivity index (χ4v) is 4.18. The summed E-state index contributed by atoms with van der Waals surface area (Å²) in [5.41, 5.74) is 8.88. The summed E-state index contributed by atoms with van der Waals surface area (Å²) in [7, 11) is 3.53. The number of imidazole rings is 1. The minimum absolute atomic E-state index is 0.0385. The van der Waals surface area contributed by atoms with Crippen LogP contribution in [0.4, 0.5) is 21.7 Å². The lowest BCUT2D eigenvalue weighted by Gasteiger charge is -2.26. The van der Waals surface area contributed by atoms with Crippen LogP contribution in [0, 0.1) is 5.82 Å². The molecule has 0 spiro atoms. The average Bonchev–Trinajstić information content (AvgIpc) is 3.27. The van der Waals surface area contributed by atoms with Gasteiger partial charge in [0.1, 0.15) is 17.0 Å². The zero-order valence-corrected chi connectivity index (χ0v) is 20.0. The molecule has 1 saturated heterocycles. The Morgan fingerprint density at radius 2 is 2.00 bits per heavy atom. The molecule has 4 N–H and O–H groups in total. The number of rotatable bonds is 7. The topological polar surface area (TPSA) is 136 Å². The molecule has 5 rings (SSSR count). The third-order valence-electron chi connectivity index (χ3n) is 6.06. The number of morpholine rings is 1. The van der Waals surface area contributed by atoms with E-state index in [2.05, 4.69) is 35.5 Å². The number of pyridine rings is 1. The summed E-state index contributed by atoms with van der Waals surface area (Å²) < 4.78 is 22.2. The van der Waals surface area contributed by atoms with Gasteiger partial charge in [-0.1, -0.05) is 6.07 Å². The molecule has 0 bridgehead atoms. The first kappa shape index (κ1) is 23.6. The van der Waals surface area contributed by atoms with Crippen LogP contribution < -0.4 is 16.4 Å². The zero-order valence-electron chi connectivity index (χ0n) is 20.0. The van der Waals surface area contributed by atoms with E-state index >= 15 is 4.39 Å². The van der Waals surface area contributed by atoms with Gasteiger partial charge >= 0.3 is 0 Å². The summed E-state index contributed by atoms with van der Waals surface area (Å²) in [6, 6.07) is 4.91. The predicted octanol–water partition coefficient (Wildman–Crippen LogP) is 2.28. The number of anilines is 3. The molecule has 0 radical (unpaired) electrons. The normalized spacial score (nSPS) is 14.2. The summed E-state index contributed by atoms with van der Waals surface area (Å²) in [6.07, 6.45) is 4.96. The first-order valence-corrected chi connectivity index (χ1v) is 11.4. The standard InChI is InChI=1S/C24H26FN9O2/c1-27-23-20(15-10-28-11-18-19(15)29-13-33(18)2)31-21(22(26)35)24(32-23)30-17-4-3-14(9-16(17)25)12-34-5-7-36-8-6-34/h3-4,9-11,13H,5-8,12H2,1-2H3,(H2,26,35)(H2,27,30,32). The summed E-state index contributed by atoms with van der Waals surface area (Å²) in [4.78, 5) is 32.3. The third kappa shape index (κ3) is 4.55. The summed E-state index contributed by atoms with van der Waals surface area (Å²) in [5.74, 6) is -0.890. The number of carbonyl (C=O) groups is 1. The Morgan fingerprint density at radius 1 is 1.19 bits per heavy atom. The number of hydrogen-bond acceptors (Lipinski definition) is 9. The van der Waals surface area contributed by atoms with Gasteiger partial charge in [0.05, 0.1) is 42.5 Å². The van der Waals surface area contributed by atoms with Gasteiger partial charge in [0.2, 0.25) is 0 Å². The number of carbonyl (C=O) groups excluding carboxylic acids is 1. The molecule has 1 amide bonds. The van der Waals surface area contributed by atoms with Crippen LogP contribution in [0.2, 0.25) is 0 Å². The highest BCUT2D eigenvalue weighted by atomic mass is 19.1. The number of ether oxygens (including phenoxy) is 1. The van der Waals surface area contributed by atoms with E-state index < -0.39 is 11.7 Å². The van der Waals surface area contributed by atoms with E-state index in [4.69, 9.17) is 10.5 Å². The van der Waals surface area contributed by atoms with E-state index in [0.717, 1.165) is 24.2 Å². The van der Waals surface area contributed by atoms with Gasteiger partial charge in [-0.15, -0.1) is 0 Å². The van der Waals surface area contributed by atoms with Crippen LogP contribution in [-0.4, -0.2) is 68.7 Å². The Hall–Kier alpha value is -4.16. The molecule has 12 heteroatoms. The fourth-order valence-electron chi connectivity index (χ4n) is 4.18. The molecule has 3 aromatic heterocycles. The number of amides is 1. The molecule has 1 aromatic carbocycles. The molecule has 1 fully saturated rings. The van der Waals surface area contributed by atoms with Gasteiger partial charge in [-0.05, 0) is 17.7 Å². The van der Waals surface area contributed by atoms with Crippen molar-refractivity contribution in [1.29, 1.82) is 0 Å². The number of fused-ring (bicyclic) bond motifs is 1. The minimum Gasteiger partial charge on any atom is -0.379 e. The number of aryl methyl sites for hydroxylation is 1. The average molecular weight is 492 g/mol. The fraction of sp³-hybridized carbons (Fsp3) is 0.292. The van der Waals surface area contributed by atoms with Crippen molar-refractivity contribution in [2.24, 2.45) is 12.8 Å². The zero-order chi connectivity index (χ0) is 25.2. The van der Waals surface area contributed by atoms with Gasteiger partial charge in [0.25, 0.3) is 5.91 Å². The molecule has 1 aliphatic heterocycles. The summed E-state index contributed by atoms with van der Waals surface area (Å²) in [6.45, 7) is 3.58. The van der Waals surface area contributed by atoms with Gasteiger partial charge in [-0.2, -0.15) is 0 Å². The number of aromatic nitrogens is 5. The summed E-state index contributed by atoms with van der Waals surface area (Å²) >= 11 is 0. The molecule has 1 aliphatic rings. The summed E-state index contributed by atoms with van der Waals surface area (Å²) in [5, 5.41) is 5.88. The molecule has 11 nitrogen and oxygen atoms in total. The smallest absolute Gasteiger partial charge is 0.271 e. The molecule has 186 valence electrons. The van der Waals surface area contributed by atoms with Crippen LogP contribution in [-0.2, 0) is 18.3 Å². The Kier molecular flexibility index (Phi) is 6.44. The van der Waals surface area contributed by atoms with Crippen LogP contribution in [0.25, 0.3) is 22.3 Å². The van der Waals surface area contributed by atoms with E-state index in [-0.39, 0.29) is 17.2 Å². The van der Waals surface area contributed by atoms with Gasteiger partial charge in [0.15, 0.2) is 17.3 Å². The highest BCUT2D eigenvalue weighted by Gasteiger charge is 2.22. The molecule has 4 heterocycles. The highest BCUT2D eigenvalue weighted by Crippen LogP contribution is 2.32. The van der Waals surface area contributed by atoms with Gasteiger partial charge in [-0.25, -0.2) is 19.3 Å². The maximum atomic E-state index is 15.0. The first-order chi connectivity index (χ1) is 17.4. The van der Waals surface area contributed by atoms with Crippen LogP contribution >= 0.6 is 0 Å². The number of benzene rings is 1. The number of hydrogen-bond donors (Lipinski definition) is 3. The van der Waals surface area contributed by atoms with Crippen LogP contribution in [0.1, 0.15) is 16.1 Å². The lowest BCUT2D eigenvalue weighted by molar-refractivity contribution is 0.0341. The second kappa shape index (κ2) is 9.84. The second-order valence-electron chi connectivity index (χ2n) is 8.47. The number of halogens is 1. The molecular formula is C24H26FN9O2. The van der Waals surface area contributed by atoms with E-state index in [1.165, 1.54) is 6.07 Å². The molecule has 0 saturated carbocycles. The Balaban J connectivity index is 1.49. The minimum atomic E-state index is -0.806. The monoisotopic (exact) mass is 491 g/mol. The molecule has 0 aliphatic carbocycles. The van der Waals surface area contributed by atoms with E-state index in [1.807, 2.05) is 17.7 Å². The third-order valence-corrected chi connectivity index (χ3v) is 6.06. The van der Waals surface area contributed by atoms with Gasteiger partial charge < -0.3 is 25.7 Å². The number of nitrogens with two attached hydrogens (primary N) is 1. The number of nitrogens with one attached hydrogen (secondary N) is 2. The molecule has 36 heavy (non-hydrogen) atoms. The van der Waals surface area contributed by atoms with Gasteiger partial charge in [-0.3, -0.25) is 14.7 Å². The van der Waals surface area contributed by atoms with Crippen molar-refractivity contribution in [3.05, 3.63) is 54.0 Å². The predicted molar refractivity (Wildman–Crippen MR) is 133 cm³/mol. The number of primary amides is 1. The molecule has 0 unspecified atom stereocenters.